The summed E-state index contributed by atoms with van der Waals surface area (Å²) in [6.45, 7) is 2.46. The molecule has 0 radical (unpaired) electrons. The molecular formula is C23H25N3O6S2. The zero-order valence-corrected chi connectivity index (χ0v) is 20.3. The number of hydrogen-bond donors (Lipinski definition) is 0. The Balaban J connectivity index is 1.39. The molecule has 2 aromatic carbocycles. The molecule has 2 fully saturated rings. The molecule has 0 spiro atoms. The van der Waals surface area contributed by atoms with Gasteiger partial charge in [0.15, 0.2) is 0 Å². The maximum Gasteiger partial charge on any atom is 0.333 e. The third kappa shape index (κ3) is 5.11. The van der Waals surface area contributed by atoms with Gasteiger partial charge in [0.1, 0.15) is 6.54 Å². The van der Waals surface area contributed by atoms with E-state index in [1.54, 1.807) is 30.0 Å². The summed E-state index contributed by atoms with van der Waals surface area (Å²) < 4.78 is 32.6. The number of esters is 1. The van der Waals surface area contributed by atoms with E-state index in [1.807, 2.05) is 24.3 Å². The Hall–Kier alpha value is -2.89. The van der Waals surface area contributed by atoms with E-state index in [9.17, 15) is 22.8 Å². The van der Waals surface area contributed by atoms with Crippen molar-refractivity contribution in [2.45, 2.75) is 11.8 Å². The molecule has 0 N–H and O–H groups in total. The van der Waals surface area contributed by atoms with Gasteiger partial charge in [-0.15, -0.1) is 0 Å². The lowest BCUT2D eigenvalue weighted by atomic mass is 10.1. The fourth-order valence-corrected chi connectivity index (χ4v) is 6.26. The number of ether oxygens (including phenoxy) is 1. The van der Waals surface area contributed by atoms with E-state index in [-0.39, 0.29) is 61.8 Å². The third-order valence-corrected chi connectivity index (χ3v) is 8.60. The smallest absolute Gasteiger partial charge is 0.333 e. The molecule has 0 unspecified atom stereocenters. The highest BCUT2D eigenvalue weighted by molar-refractivity contribution is 8.04. The van der Waals surface area contributed by atoms with Crippen molar-refractivity contribution < 1.29 is 27.5 Å². The molecule has 9 nitrogen and oxygen atoms in total. The van der Waals surface area contributed by atoms with Crippen molar-refractivity contribution in [3.05, 3.63) is 53.6 Å². The molecule has 180 valence electrons. The fourth-order valence-electron chi connectivity index (χ4n) is 3.87. The molecule has 4 rings (SSSR count). The van der Waals surface area contributed by atoms with Crippen LogP contribution in [0.1, 0.15) is 6.92 Å². The van der Waals surface area contributed by atoms with Crippen LogP contribution in [0.5, 0.6) is 0 Å². The minimum atomic E-state index is -3.69. The van der Waals surface area contributed by atoms with Gasteiger partial charge in [0, 0.05) is 26.2 Å². The van der Waals surface area contributed by atoms with Crippen LogP contribution in [-0.4, -0.2) is 85.4 Å². The van der Waals surface area contributed by atoms with E-state index < -0.39 is 16.0 Å². The molecule has 0 atom stereocenters. The maximum absolute atomic E-state index is 13.1. The fraction of sp³-hybridized carbons (Fsp3) is 0.348. The highest BCUT2D eigenvalue weighted by Gasteiger charge is 2.34. The number of nitrogens with zero attached hydrogens (tertiary/aromatic N) is 3. The van der Waals surface area contributed by atoms with Crippen molar-refractivity contribution in [2.24, 2.45) is 0 Å². The van der Waals surface area contributed by atoms with Gasteiger partial charge in [0.05, 0.1) is 28.4 Å². The number of thioether (sulfide) groups is 1. The summed E-state index contributed by atoms with van der Waals surface area (Å²) in [6, 6.07) is 12.6. The predicted octanol–water partition coefficient (Wildman–Crippen LogP) is 1.65. The van der Waals surface area contributed by atoms with Crippen molar-refractivity contribution in [3.63, 3.8) is 0 Å². The molecule has 2 saturated heterocycles. The number of fused-ring (bicyclic) bond motifs is 1. The second-order valence-corrected chi connectivity index (χ2v) is 10.7. The van der Waals surface area contributed by atoms with Crippen LogP contribution in [0.15, 0.2) is 58.5 Å². The van der Waals surface area contributed by atoms with Crippen molar-refractivity contribution in [1.82, 2.24) is 14.1 Å². The van der Waals surface area contributed by atoms with Gasteiger partial charge in [0.25, 0.3) is 0 Å². The number of piperazine rings is 1. The van der Waals surface area contributed by atoms with Gasteiger partial charge in [0.2, 0.25) is 21.8 Å². The summed E-state index contributed by atoms with van der Waals surface area (Å²) in [5.41, 5.74) is 0. The number of sulfonamides is 1. The monoisotopic (exact) mass is 503 g/mol. The highest BCUT2D eigenvalue weighted by atomic mass is 32.2. The third-order valence-electron chi connectivity index (χ3n) is 5.68. The number of rotatable bonds is 6. The first-order valence-electron chi connectivity index (χ1n) is 10.9. The Morgan fingerprint density at radius 3 is 2.47 bits per heavy atom. The van der Waals surface area contributed by atoms with Crippen molar-refractivity contribution in [2.75, 3.05) is 45.1 Å². The van der Waals surface area contributed by atoms with Gasteiger partial charge < -0.3 is 9.64 Å². The molecular weight excluding hydrogens is 478 g/mol. The zero-order valence-electron chi connectivity index (χ0n) is 18.7. The standard InChI is InChI=1S/C23H25N3O6S2/c1-2-32-23(29)14-22-26(21(28)16-33-22)15-20(27)24-9-11-25(12-10-24)34(30,31)19-8-7-17-5-3-4-6-18(17)13-19/h3-8,13-14H,2,9-12,15-16H2,1H3/b22-14+. The average molecular weight is 504 g/mol. The summed E-state index contributed by atoms with van der Waals surface area (Å²) in [7, 11) is -3.69. The minimum Gasteiger partial charge on any atom is -0.463 e. The number of amides is 2. The van der Waals surface area contributed by atoms with Gasteiger partial charge in [-0.1, -0.05) is 42.1 Å². The average Bonchev–Trinajstić information content (AvgIpc) is 3.17. The lowest BCUT2D eigenvalue weighted by Gasteiger charge is -2.34. The van der Waals surface area contributed by atoms with Crippen molar-refractivity contribution in [1.29, 1.82) is 0 Å². The van der Waals surface area contributed by atoms with Gasteiger partial charge in [-0.05, 0) is 29.8 Å². The van der Waals surface area contributed by atoms with Crippen LogP contribution in [0.4, 0.5) is 0 Å². The molecule has 2 aromatic rings. The molecule has 0 bridgehead atoms. The van der Waals surface area contributed by atoms with Crippen LogP contribution in [0, 0.1) is 0 Å². The van der Waals surface area contributed by atoms with Crippen LogP contribution in [0.3, 0.4) is 0 Å². The summed E-state index contributed by atoms with van der Waals surface area (Å²) in [6.07, 6.45) is 1.22. The molecule has 2 heterocycles. The predicted molar refractivity (Wildman–Crippen MR) is 128 cm³/mol. The molecule has 2 aliphatic rings. The molecule has 0 aromatic heterocycles. The summed E-state index contributed by atoms with van der Waals surface area (Å²) in [5.74, 6) is -0.972. The second kappa shape index (κ2) is 10.2. The van der Waals surface area contributed by atoms with Crippen LogP contribution in [0.25, 0.3) is 10.8 Å². The Labute approximate surface area is 202 Å². The lowest BCUT2D eigenvalue weighted by Crippen LogP contribution is -2.52. The van der Waals surface area contributed by atoms with Crippen LogP contribution in [-0.2, 0) is 29.1 Å². The molecule has 11 heteroatoms. The first-order chi connectivity index (χ1) is 16.3. The molecule has 2 aliphatic heterocycles. The van der Waals surface area contributed by atoms with E-state index >= 15 is 0 Å². The van der Waals surface area contributed by atoms with Crippen LogP contribution >= 0.6 is 11.8 Å². The van der Waals surface area contributed by atoms with Gasteiger partial charge in [-0.25, -0.2) is 13.2 Å². The molecule has 0 saturated carbocycles. The van der Waals surface area contributed by atoms with Crippen LogP contribution in [0.2, 0.25) is 0 Å². The summed E-state index contributed by atoms with van der Waals surface area (Å²) >= 11 is 1.18. The number of hydrogen-bond acceptors (Lipinski definition) is 7. The second-order valence-electron chi connectivity index (χ2n) is 7.80. The number of benzene rings is 2. The summed E-state index contributed by atoms with van der Waals surface area (Å²) in [4.78, 5) is 39.9. The van der Waals surface area contributed by atoms with E-state index in [4.69, 9.17) is 4.74 Å². The Morgan fingerprint density at radius 2 is 1.76 bits per heavy atom. The topological polar surface area (TPSA) is 104 Å². The first-order valence-corrected chi connectivity index (χ1v) is 13.3. The lowest BCUT2D eigenvalue weighted by molar-refractivity contribution is -0.139. The first kappa shape index (κ1) is 24.2. The number of carbonyl (C=O) groups excluding carboxylic acids is 3. The van der Waals surface area contributed by atoms with E-state index in [2.05, 4.69) is 0 Å². The molecule has 0 aliphatic carbocycles. The van der Waals surface area contributed by atoms with Gasteiger partial charge >= 0.3 is 5.97 Å². The van der Waals surface area contributed by atoms with Crippen molar-refractivity contribution in [3.8, 4) is 0 Å². The SMILES string of the molecule is CCOC(=O)/C=C1/SCC(=O)N1CC(=O)N1CCN(S(=O)(=O)c2ccc3ccccc3c2)CC1. The number of carbonyl (C=O) groups is 3. The summed E-state index contributed by atoms with van der Waals surface area (Å²) in [5, 5.41) is 2.19. The maximum atomic E-state index is 13.1. The van der Waals surface area contributed by atoms with E-state index in [0.717, 1.165) is 10.8 Å². The van der Waals surface area contributed by atoms with Gasteiger partial charge in [-0.2, -0.15) is 4.31 Å². The highest BCUT2D eigenvalue weighted by Crippen LogP contribution is 2.29. The van der Waals surface area contributed by atoms with E-state index in [0.29, 0.717) is 5.03 Å². The van der Waals surface area contributed by atoms with Crippen LogP contribution < -0.4 is 0 Å². The minimum absolute atomic E-state index is 0.149. The van der Waals surface area contributed by atoms with Gasteiger partial charge in [-0.3, -0.25) is 14.5 Å². The van der Waals surface area contributed by atoms with E-state index in [1.165, 1.54) is 27.0 Å². The Morgan fingerprint density at radius 1 is 1.06 bits per heavy atom. The van der Waals surface area contributed by atoms with Crippen molar-refractivity contribution >= 4 is 50.3 Å². The quantitative estimate of drug-likeness (QED) is 0.436. The zero-order chi connectivity index (χ0) is 24.3. The Bertz CT molecular complexity index is 1250. The Kier molecular flexibility index (Phi) is 7.24. The normalized spacial score (nSPS) is 18.6. The molecule has 2 amide bonds. The largest absolute Gasteiger partial charge is 0.463 e. The molecule has 34 heavy (non-hydrogen) atoms.